The standard InChI is InChI=1S/C20H32N2O3/c1-4-14-24-19-11-9-10-18(15-19)22(5-2)20(23)25-17(3)16-21-12-7-6-8-13-21/h9-11,15,17H,4-8,12-14,16H2,1-3H3. The highest BCUT2D eigenvalue weighted by atomic mass is 16.6. The molecule has 1 amide bonds. The van der Waals surface area contributed by atoms with E-state index in [1.54, 1.807) is 4.90 Å². The van der Waals surface area contributed by atoms with Crippen LogP contribution in [0, 0.1) is 0 Å². The summed E-state index contributed by atoms with van der Waals surface area (Å²) >= 11 is 0. The molecule has 25 heavy (non-hydrogen) atoms. The first-order valence-corrected chi connectivity index (χ1v) is 9.57. The molecule has 2 rings (SSSR count). The maximum absolute atomic E-state index is 12.6. The molecule has 1 aliphatic heterocycles. The van der Waals surface area contributed by atoms with E-state index in [1.165, 1.54) is 19.3 Å². The second-order valence-corrected chi connectivity index (χ2v) is 6.65. The lowest BCUT2D eigenvalue weighted by Gasteiger charge is -2.30. The topological polar surface area (TPSA) is 42.0 Å². The third-order valence-corrected chi connectivity index (χ3v) is 4.40. The van der Waals surface area contributed by atoms with Crippen LogP contribution in [0.15, 0.2) is 24.3 Å². The van der Waals surface area contributed by atoms with Crippen LogP contribution in [0.5, 0.6) is 5.75 Å². The lowest BCUT2D eigenvalue weighted by molar-refractivity contribution is 0.0788. The Morgan fingerprint density at radius 2 is 2.00 bits per heavy atom. The van der Waals surface area contributed by atoms with Gasteiger partial charge < -0.3 is 9.47 Å². The third-order valence-electron chi connectivity index (χ3n) is 4.40. The lowest BCUT2D eigenvalue weighted by Crippen LogP contribution is -2.40. The number of ether oxygens (including phenoxy) is 2. The normalized spacial score (nSPS) is 16.3. The molecule has 0 aliphatic carbocycles. The van der Waals surface area contributed by atoms with Gasteiger partial charge in [0, 0.05) is 19.2 Å². The van der Waals surface area contributed by atoms with Crippen molar-refractivity contribution in [3.63, 3.8) is 0 Å². The molecule has 0 saturated carbocycles. The summed E-state index contributed by atoms with van der Waals surface area (Å²) in [5.41, 5.74) is 0.811. The van der Waals surface area contributed by atoms with Crippen molar-refractivity contribution in [2.75, 3.05) is 37.7 Å². The highest BCUT2D eigenvalue weighted by molar-refractivity contribution is 5.87. The van der Waals surface area contributed by atoms with Gasteiger partial charge in [-0.2, -0.15) is 0 Å². The molecule has 5 nitrogen and oxygen atoms in total. The molecular weight excluding hydrogens is 316 g/mol. The zero-order valence-corrected chi connectivity index (χ0v) is 15.9. The van der Waals surface area contributed by atoms with Gasteiger partial charge in [0.05, 0.1) is 12.3 Å². The van der Waals surface area contributed by atoms with Crippen LogP contribution in [0.4, 0.5) is 10.5 Å². The van der Waals surface area contributed by atoms with Gasteiger partial charge in [-0.25, -0.2) is 4.79 Å². The first-order chi connectivity index (χ1) is 12.1. The third kappa shape index (κ3) is 6.24. The van der Waals surface area contributed by atoms with Crippen molar-refractivity contribution < 1.29 is 14.3 Å². The van der Waals surface area contributed by atoms with Crippen molar-refractivity contribution in [1.29, 1.82) is 0 Å². The molecule has 1 unspecified atom stereocenters. The van der Waals surface area contributed by atoms with Crippen molar-refractivity contribution in [3.05, 3.63) is 24.3 Å². The lowest BCUT2D eigenvalue weighted by atomic mass is 10.1. The van der Waals surface area contributed by atoms with Gasteiger partial charge in [-0.1, -0.05) is 19.4 Å². The molecule has 1 fully saturated rings. The second-order valence-electron chi connectivity index (χ2n) is 6.65. The Labute approximate surface area is 151 Å². The number of anilines is 1. The Balaban J connectivity index is 1.93. The SMILES string of the molecule is CCCOc1cccc(N(CC)C(=O)OC(C)CN2CCCCC2)c1. The van der Waals surface area contributed by atoms with Crippen LogP contribution in [-0.4, -0.2) is 49.9 Å². The molecule has 5 heteroatoms. The van der Waals surface area contributed by atoms with E-state index < -0.39 is 0 Å². The van der Waals surface area contributed by atoms with E-state index in [2.05, 4.69) is 11.8 Å². The van der Waals surface area contributed by atoms with E-state index in [0.717, 1.165) is 37.5 Å². The smallest absolute Gasteiger partial charge is 0.414 e. The molecule has 1 heterocycles. The Morgan fingerprint density at radius 3 is 2.68 bits per heavy atom. The van der Waals surface area contributed by atoms with Gasteiger partial charge in [0.15, 0.2) is 0 Å². The number of hydrogen-bond acceptors (Lipinski definition) is 4. The fourth-order valence-corrected chi connectivity index (χ4v) is 3.16. The van der Waals surface area contributed by atoms with Crippen molar-refractivity contribution in [2.45, 2.75) is 52.6 Å². The number of piperidine rings is 1. The maximum Gasteiger partial charge on any atom is 0.414 e. The van der Waals surface area contributed by atoms with Gasteiger partial charge >= 0.3 is 6.09 Å². The molecule has 1 aromatic carbocycles. The average molecular weight is 348 g/mol. The fraction of sp³-hybridized carbons (Fsp3) is 0.650. The van der Waals surface area contributed by atoms with E-state index in [0.29, 0.717) is 13.2 Å². The largest absolute Gasteiger partial charge is 0.494 e. The average Bonchev–Trinajstić information content (AvgIpc) is 2.61. The first-order valence-electron chi connectivity index (χ1n) is 9.57. The summed E-state index contributed by atoms with van der Waals surface area (Å²) in [7, 11) is 0. The van der Waals surface area contributed by atoms with Gasteiger partial charge in [0.25, 0.3) is 0 Å². The second kappa shape index (κ2) is 10.3. The number of nitrogens with zero attached hydrogens (tertiary/aromatic N) is 2. The van der Waals surface area contributed by atoms with E-state index in [9.17, 15) is 4.79 Å². The van der Waals surface area contributed by atoms with Crippen LogP contribution in [0.1, 0.15) is 46.5 Å². The minimum absolute atomic E-state index is 0.112. The summed E-state index contributed by atoms with van der Waals surface area (Å²) in [6.45, 7) is 10.3. The first kappa shape index (κ1) is 19.6. The summed E-state index contributed by atoms with van der Waals surface area (Å²) in [6.07, 6.45) is 4.35. The molecule has 0 N–H and O–H groups in total. The molecule has 0 radical (unpaired) electrons. The summed E-state index contributed by atoms with van der Waals surface area (Å²) in [6, 6.07) is 7.64. The van der Waals surface area contributed by atoms with Crippen LogP contribution in [-0.2, 0) is 4.74 Å². The number of hydrogen-bond donors (Lipinski definition) is 0. The predicted octanol–water partition coefficient (Wildman–Crippen LogP) is 4.31. The van der Waals surface area contributed by atoms with Gasteiger partial charge in [0.2, 0.25) is 0 Å². The van der Waals surface area contributed by atoms with Crippen molar-refractivity contribution >= 4 is 11.8 Å². The highest BCUT2D eigenvalue weighted by Crippen LogP contribution is 2.22. The summed E-state index contributed by atoms with van der Waals surface area (Å²) < 4.78 is 11.4. The highest BCUT2D eigenvalue weighted by Gasteiger charge is 2.21. The maximum atomic E-state index is 12.6. The molecule has 1 saturated heterocycles. The van der Waals surface area contributed by atoms with Crippen LogP contribution >= 0.6 is 0 Å². The molecule has 140 valence electrons. The molecule has 0 spiro atoms. The van der Waals surface area contributed by atoms with Gasteiger partial charge in [-0.05, 0) is 58.3 Å². The quantitative estimate of drug-likeness (QED) is 0.702. The van der Waals surface area contributed by atoms with Crippen LogP contribution in [0.2, 0.25) is 0 Å². The van der Waals surface area contributed by atoms with E-state index >= 15 is 0 Å². The minimum Gasteiger partial charge on any atom is -0.494 e. The minimum atomic E-state index is -0.292. The molecule has 1 aliphatic rings. The van der Waals surface area contributed by atoms with E-state index in [-0.39, 0.29) is 12.2 Å². The number of amides is 1. The molecular formula is C20H32N2O3. The van der Waals surface area contributed by atoms with Crippen molar-refractivity contribution in [2.24, 2.45) is 0 Å². The van der Waals surface area contributed by atoms with Crippen LogP contribution < -0.4 is 9.64 Å². The fourth-order valence-electron chi connectivity index (χ4n) is 3.16. The Bertz CT molecular complexity index is 529. The van der Waals surface area contributed by atoms with Gasteiger partial charge in [-0.3, -0.25) is 9.80 Å². The van der Waals surface area contributed by atoms with E-state index in [1.807, 2.05) is 38.1 Å². The van der Waals surface area contributed by atoms with Crippen molar-refractivity contribution in [1.82, 2.24) is 4.90 Å². The Hall–Kier alpha value is -1.75. The zero-order chi connectivity index (χ0) is 18.1. The molecule has 0 bridgehead atoms. The zero-order valence-electron chi connectivity index (χ0n) is 15.9. The number of likely N-dealkylation sites (tertiary alicyclic amines) is 1. The van der Waals surface area contributed by atoms with Gasteiger partial charge in [-0.15, -0.1) is 0 Å². The summed E-state index contributed by atoms with van der Waals surface area (Å²) in [5.74, 6) is 0.784. The molecule has 0 aromatic heterocycles. The Kier molecular flexibility index (Phi) is 8.06. The Morgan fingerprint density at radius 1 is 1.24 bits per heavy atom. The number of carbonyl (C=O) groups is 1. The molecule has 1 atom stereocenters. The molecule has 1 aromatic rings. The number of rotatable bonds is 8. The van der Waals surface area contributed by atoms with E-state index in [4.69, 9.17) is 9.47 Å². The monoisotopic (exact) mass is 348 g/mol. The van der Waals surface area contributed by atoms with Crippen LogP contribution in [0.25, 0.3) is 0 Å². The summed E-state index contributed by atoms with van der Waals surface area (Å²) in [5, 5.41) is 0. The van der Waals surface area contributed by atoms with Crippen molar-refractivity contribution in [3.8, 4) is 5.75 Å². The predicted molar refractivity (Wildman–Crippen MR) is 101 cm³/mol. The number of carbonyl (C=O) groups excluding carboxylic acids is 1. The van der Waals surface area contributed by atoms with Crippen LogP contribution in [0.3, 0.4) is 0 Å². The number of benzene rings is 1. The van der Waals surface area contributed by atoms with Gasteiger partial charge in [0.1, 0.15) is 11.9 Å². The summed E-state index contributed by atoms with van der Waals surface area (Å²) in [4.78, 5) is 16.6.